The van der Waals surface area contributed by atoms with Gasteiger partial charge < -0.3 is 10.2 Å². The van der Waals surface area contributed by atoms with E-state index in [4.69, 9.17) is 10.9 Å². The Morgan fingerprint density at radius 3 is 2.67 bits per heavy atom. The number of likely N-dealkylation sites (tertiary alicyclic amines) is 1. The number of carbonyl (C=O) groups is 2. The average molecular weight is 453 g/mol. The zero-order valence-electron chi connectivity index (χ0n) is 19.3. The molecule has 0 bridgehead atoms. The third-order valence-electron chi connectivity index (χ3n) is 7.44. The Labute approximate surface area is 193 Å². The Balaban J connectivity index is 1.34. The minimum absolute atomic E-state index is 0.141. The van der Waals surface area contributed by atoms with Gasteiger partial charge in [0.05, 0.1) is 11.1 Å². The van der Waals surface area contributed by atoms with Crippen LogP contribution in [0.25, 0.3) is 0 Å². The molecule has 1 aromatic rings. The van der Waals surface area contributed by atoms with Crippen molar-refractivity contribution in [2.45, 2.75) is 83.8 Å². The maximum absolute atomic E-state index is 13.6. The molecule has 1 aliphatic heterocycles. The molecule has 1 aromatic heterocycles. The molecule has 4 rings (SSSR count). The SMILES string of the molecule is CC1=C(N2C(=O)[C@]3(CC[C@H](NCc4ccc(N(C=N)N=N)nn4)CC3)C[C@@H]2C)CCCC1=O. The van der Waals surface area contributed by atoms with E-state index in [0.717, 1.165) is 73.3 Å². The molecular formula is C23H32N8O2. The molecule has 2 heterocycles. The number of Topliss-reactive ketones (excluding diaryl/α,β-unsaturated/α-hetero) is 1. The topological polar surface area (TPSA) is 138 Å². The van der Waals surface area contributed by atoms with Crippen molar-refractivity contribution < 1.29 is 9.59 Å². The molecule has 1 saturated heterocycles. The molecule has 0 unspecified atom stereocenters. The second kappa shape index (κ2) is 9.46. The monoisotopic (exact) mass is 452 g/mol. The first-order valence-corrected chi connectivity index (χ1v) is 11.7. The molecule has 10 nitrogen and oxygen atoms in total. The lowest BCUT2D eigenvalue weighted by Gasteiger charge is -2.36. The van der Waals surface area contributed by atoms with Gasteiger partial charge in [-0.25, -0.2) is 0 Å². The van der Waals surface area contributed by atoms with Gasteiger partial charge in [-0.1, -0.05) is 5.22 Å². The molecule has 0 radical (unpaired) electrons. The summed E-state index contributed by atoms with van der Waals surface area (Å²) in [4.78, 5) is 27.7. The van der Waals surface area contributed by atoms with Crippen LogP contribution in [-0.4, -0.2) is 45.2 Å². The molecule has 176 valence electrons. The van der Waals surface area contributed by atoms with Crippen LogP contribution >= 0.6 is 0 Å². The van der Waals surface area contributed by atoms with Crippen LogP contribution in [0.3, 0.4) is 0 Å². The Morgan fingerprint density at radius 1 is 1.27 bits per heavy atom. The summed E-state index contributed by atoms with van der Waals surface area (Å²) in [6.07, 6.45) is 7.58. The summed E-state index contributed by atoms with van der Waals surface area (Å²) < 4.78 is 0. The van der Waals surface area contributed by atoms with Gasteiger partial charge in [0.2, 0.25) is 5.91 Å². The second-order valence-electron chi connectivity index (χ2n) is 9.47. The highest BCUT2D eigenvalue weighted by Crippen LogP contribution is 2.49. The van der Waals surface area contributed by atoms with Crippen LogP contribution in [0, 0.1) is 16.4 Å². The van der Waals surface area contributed by atoms with E-state index in [9.17, 15) is 9.59 Å². The molecule has 10 heteroatoms. The van der Waals surface area contributed by atoms with Gasteiger partial charge in [0.15, 0.2) is 11.6 Å². The van der Waals surface area contributed by atoms with Gasteiger partial charge in [-0.05, 0) is 70.9 Å². The Bertz CT molecular complexity index is 957. The highest BCUT2D eigenvalue weighted by Gasteiger charge is 2.52. The molecule has 33 heavy (non-hydrogen) atoms. The smallest absolute Gasteiger partial charge is 0.233 e. The van der Waals surface area contributed by atoms with Crippen molar-refractivity contribution in [2.75, 3.05) is 5.01 Å². The first-order valence-electron chi connectivity index (χ1n) is 11.7. The minimum Gasteiger partial charge on any atom is -0.313 e. The fourth-order valence-corrected chi connectivity index (χ4v) is 5.60. The summed E-state index contributed by atoms with van der Waals surface area (Å²) in [5.74, 6) is 0.724. The maximum atomic E-state index is 13.6. The highest BCUT2D eigenvalue weighted by atomic mass is 16.2. The lowest BCUT2D eigenvalue weighted by atomic mass is 9.70. The molecule has 1 spiro atoms. The molecule has 1 amide bonds. The quantitative estimate of drug-likeness (QED) is 0.250. The van der Waals surface area contributed by atoms with E-state index >= 15 is 0 Å². The largest absolute Gasteiger partial charge is 0.313 e. The van der Waals surface area contributed by atoms with E-state index in [1.54, 1.807) is 6.07 Å². The van der Waals surface area contributed by atoms with Crippen LogP contribution in [0.2, 0.25) is 0 Å². The summed E-state index contributed by atoms with van der Waals surface area (Å²) in [6, 6.07) is 3.95. The number of hydrogen-bond acceptors (Lipinski definition) is 8. The third-order valence-corrected chi connectivity index (χ3v) is 7.44. The first-order chi connectivity index (χ1) is 15.9. The van der Waals surface area contributed by atoms with Crippen LogP contribution in [0.1, 0.15) is 70.9 Å². The average Bonchev–Trinajstić information content (AvgIpc) is 3.06. The van der Waals surface area contributed by atoms with Crippen molar-refractivity contribution >= 4 is 23.8 Å². The summed E-state index contributed by atoms with van der Waals surface area (Å²) in [5.41, 5.74) is 9.24. The van der Waals surface area contributed by atoms with E-state index in [2.05, 4.69) is 27.7 Å². The standard InChI is InChI=1S/C23H32N8O2/c1-15-12-23(22(33)31(15)19-4-3-5-20(32)16(19)2)10-8-17(9-11-23)26-13-18-6-7-21(28-27-18)30(14-24)29-25/h6-7,14-15,17,24-26H,3-5,8-13H2,1-2H3/t15-,17-,23-/m0/s1. The molecular weight excluding hydrogens is 420 g/mol. The predicted octanol–water partition coefficient (Wildman–Crippen LogP) is 3.50. The summed E-state index contributed by atoms with van der Waals surface area (Å²) >= 11 is 0. The highest BCUT2D eigenvalue weighted by molar-refractivity contribution is 5.98. The van der Waals surface area contributed by atoms with Gasteiger partial charge in [0.1, 0.15) is 6.34 Å². The van der Waals surface area contributed by atoms with Crippen molar-refractivity contribution in [3.8, 4) is 0 Å². The van der Waals surface area contributed by atoms with E-state index < -0.39 is 0 Å². The zero-order valence-corrected chi connectivity index (χ0v) is 19.3. The number of amides is 1. The van der Waals surface area contributed by atoms with Crippen LogP contribution in [-0.2, 0) is 16.1 Å². The Hall–Kier alpha value is -3.01. The zero-order chi connectivity index (χ0) is 23.6. The van der Waals surface area contributed by atoms with Crippen LogP contribution in [0.4, 0.5) is 5.82 Å². The van der Waals surface area contributed by atoms with Crippen molar-refractivity contribution in [2.24, 2.45) is 10.6 Å². The number of carbonyl (C=O) groups excluding carboxylic acids is 2. The lowest BCUT2D eigenvalue weighted by molar-refractivity contribution is -0.136. The number of rotatable bonds is 7. The number of ketones is 1. The number of nitrogens with one attached hydrogen (secondary N) is 3. The van der Waals surface area contributed by atoms with Gasteiger partial charge in [0.25, 0.3) is 0 Å². The van der Waals surface area contributed by atoms with E-state index in [0.29, 0.717) is 24.8 Å². The van der Waals surface area contributed by atoms with Gasteiger partial charge in [-0.3, -0.25) is 15.0 Å². The molecule has 1 atom stereocenters. The van der Waals surface area contributed by atoms with E-state index in [-0.39, 0.29) is 23.1 Å². The van der Waals surface area contributed by atoms with Crippen molar-refractivity contribution in [3.05, 3.63) is 29.1 Å². The molecule has 2 fully saturated rings. The van der Waals surface area contributed by atoms with Crippen LogP contribution in [0.15, 0.2) is 28.6 Å². The number of allylic oxidation sites excluding steroid dienone is 2. The van der Waals surface area contributed by atoms with Crippen molar-refractivity contribution in [1.82, 2.24) is 20.4 Å². The lowest BCUT2D eigenvalue weighted by Crippen LogP contribution is -2.42. The summed E-state index contributed by atoms with van der Waals surface area (Å²) in [6.45, 7) is 4.56. The number of aromatic nitrogens is 2. The van der Waals surface area contributed by atoms with Crippen LogP contribution < -0.4 is 10.3 Å². The molecule has 3 aliphatic rings. The van der Waals surface area contributed by atoms with E-state index in [1.807, 2.05) is 17.9 Å². The number of nitrogens with zero attached hydrogens (tertiary/aromatic N) is 5. The van der Waals surface area contributed by atoms with Gasteiger partial charge in [-0.2, -0.15) is 15.6 Å². The second-order valence-corrected chi connectivity index (χ2v) is 9.47. The molecule has 1 saturated carbocycles. The fourth-order valence-electron chi connectivity index (χ4n) is 5.60. The fraction of sp³-hybridized carbons (Fsp3) is 0.609. The minimum atomic E-state index is -0.303. The molecule has 0 aromatic carbocycles. The van der Waals surface area contributed by atoms with Gasteiger partial charge in [-0.15, -0.1) is 5.10 Å². The summed E-state index contributed by atoms with van der Waals surface area (Å²) in [5, 5.41) is 23.1. The molecule has 2 aliphatic carbocycles. The number of anilines is 1. The first kappa shape index (κ1) is 23.2. The van der Waals surface area contributed by atoms with Crippen molar-refractivity contribution in [3.63, 3.8) is 0 Å². The number of hydrogen-bond donors (Lipinski definition) is 3. The van der Waals surface area contributed by atoms with Crippen LogP contribution in [0.5, 0.6) is 0 Å². The molecule has 3 N–H and O–H groups in total. The normalized spacial score (nSPS) is 27.9. The van der Waals surface area contributed by atoms with E-state index in [1.165, 1.54) is 0 Å². The third kappa shape index (κ3) is 4.44. The Morgan fingerprint density at radius 2 is 2.03 bits per heavy atom. The predicted molar refractivity (Wildman–Crippen MR) is 122 cm³/mol. The van der Waals surface area contributed by atoms with Crippen molar-refractivity contribution in [1.29, 1.82) is 10.9 Å². The maximum Gasteiger partial charge on any atom is 0.233 e. The Kier molecular flexibility index (Phi) is 6.64. The summed E-state index contributed by atoms with van der Waals surface area (Å²) in [7, 11) is 0. The van der Waals surface area contributed by atoms with Gasteiger partial charge in [0, 0.05) is 36.3 Å². The van der Waals surface area contributed by atoms with Gasteiger partial charge >= 0.3 is 0 Å².